The lowest BCUT2D eigenvalue weighted by molar-refractivity contribution is -0.270. The number of allylic oxidation sites excluding steroid dienone is 1. The molecule has 1 unspecified atom stereocenters. The molecule has 12 atom stereocenters. The van der Waals surface area contributed by atoms with E-state index in [-0.39, 0.29) is 75.2 Å². The number of esters is 1. The highest BCUT2D eigenvalue weighted by atomic mass is 32.2. The lowest BCUT2D eigenvalue weighted by Gasteiger charge is -2.71. The molecule has 4 aliphatic carbocycles. The molecule has 5 aliphatic rings. The summed E-state index contributed by atoms with van der Waals surface area (Å²) >= 11 is 0. The van der Waals surface area contributed by atoms with Gasteiger partial charge in [-0.2, -0.15) is 0 Å². The molecule has 8 nitrogen and oxygen atoms in total. The second-order valence-electron chi connectivity index (χ2n) is 21.8. The molecule has 332 valence electrons. The van der Waals surface area contributed by atoms with E-state index in [0.717, 1.165) is 49.7 Å². The van der Waals surface area contributed by atoms with E-state index >= 15 is 0 Å². The van der Waals surface area contributed by atoms with Crippen LogP contribution in [0, 0.1) is 69.5 Å². The van der Waals surface area contributed by atoms with Crippen LogP contribution >= 0.6 is 0 Å². The number of hydrogen-bond donors (Lipinski definition) is 1. The molecule has 2 bridgehead atoms. The van der Waals surface area contributed by atoms with Gasteiger partial charge in [0.15, 0.2) is 0 Å². The number of carbonyl (C=O) groups is 1. The third-order valence-electron chi connectivity index (χ3n) is 18.1. The molecule has 1 N–H and O–H groups in total. The Kier molecular flexibility index (Phi) is 12.3. The van der Waals surface area contributed by atoms with Crippen LogP contribution < -0.4 is 4.72 Å². The topological polar surface area (TPSA) is 100 Å². The minimum absolute atomic E-state index is 0.0463. The molecule has 60 heavy (non-hydrogen) atoms. The van der Waals surface area contributed by atoms with Gasteiger partial charge in [-0.1, -0.05) is 122 Å². The summed E-state index contributed by atoms with van der Waals surface area (Å²) in [4.78, 5) is 15.1. The van der Waals surface area contributed by atoms with E-state index in [1.165, 1.54) is 5.57 Å². The highest BCUT2D eigenvalue weighted by Gasteiger charge is 2.72. The van der Waals surface area contributed by atoms with Crippen molar-refractivity contribution in [1.29, 1.82) is 0 Å². The Balaban J connectivity index is 1.20. The number of methoxy groups -OCH3 is 1. The molecule has 1 heterocycles. The molecular formula is C51H75NO7S. The van der Waals surface area contributed by atoms with E-state index in [0.29, 0.717) is 36.9 Å². The monoisotopic (exact) mass is 846 g/mol. The van der Waals surface area contributed by atoms with Gasteiger partial charge in [0.05, 0.1) is 48.4 Å². The number of nitrogens with one attached hydrogen (secondary N) is 1. The van der Waals surface area contributed by atoms with Crippen LogP contribution in [0.2, 0.25) is 0 Å². The fourth-order valence-electron chi connectivity index (χ4n) is 13.5. The van der Waals surface area contributed by atoms with Gasteiger partial charge in [-0.15, -0.1) is 0 Å². The minimum atomic E-state index is -3.80. The summed E-state index contributed by atoms with van der Waals surface area (Å²) in [6, 6.07) is 17.1. The molecule has 3 saturated carbocycles. The van der Waals surface area contributed by atoms with Crippen molar-refractivity contribution in [3.05, 3.63) is 77.4 Å². The first kappa shape index (κ1) is 45.5. The van der Waals surface area contributed by atoms with Crippen LogP contribution in [0.4, 0.5) is 0 Å². The summed E-state index contributed by atoms with van der Waals surface area (Å²) in [5.74, 6) is 1.04. The van der Waals surface area contributed by atoms with Crippen LogP contribution in [0.5, 0.6) is 0 Å². The van der Waals surface area contributed by atoms with Gasteiger partial charge in [0.1, 0.15) is 6.61 Å². The summed E-state index contributed by atoms with van der Waals surface area (Å²) in [5.41, 5.74) is 1.45. The van der Waals surface area contributed by atoms with E-state index < -0.39 is 15.6 Å². The average Bonchev–Trinajstić information content (AvgIpc) is 3.19. The molecule has 4 fully saturated rings. The lowest BCUT2D eigenvalue weighted by atomic mass is 9.34. The number of carbonyl (C=O) groups excluding carboxylic acids is 1. The summed E-state index contributed by atoms with van der Waals surface area (Å²) in [6.07, 6.45) is 7.79. The SMILES string of the molecule is CO[C@@H]1C[C@@]23COCC(C)([C@H]1OC[C@](C)(NS(=O)(=O)c1ccc(C)cc1)C(C)C)[C@@H]2CC[C@H]1C3=CC[C@@]2(C)[C@H](C(=O)OCc3ccccc3)[C@@](C)([C@H](C)C(C)C)CC[C@]12C. The van der Waals surface area contributed by atoms with Crippen molar-refractivity contribution in [2.45, 2.75) is 144 Å². The van der Waals surface area contributed by atoms with Gasteiger partial charge in [0.25, 0.3) is 0 Å². The highest BCUT2D eigenvalue weighted by molar-refractivity contribution is 7.89. The molecular weight excluding hydrogens is 771 g/mol. The quantitative estimate of drug-likeness (QED) is 0.158. The second-order valence-corrected chi connectivity index (χ2v) is 23.5. The number of aryl methyl sites for hydroxylation is 1. The molecule has 0 amide bonds. The van der Waals surface area contributed by atoms with Crippen molar-refractivity contribution in [2.75, 3.05) is 26.9 Å². The van der Waals surface area contributed by atoms with Crippen molar-refractivity contribution in [3.63, 3.8) is 0 Å². The van der Waals surface area contributed by atoms with Gasteiger partial charge in [-0.3, -0.25) is 4.79 Å². The zero-order chi connectivity index (χ0) is 43.7. The van der Waals surface area contributed by atoms with E-state index in [4.69, 9.17) is 18.9 Å². The van der Waals surface area contributed by atoms with E-state index in [9.17, 15) is 13.2 Å². The van der Waals surface area contributed by atoms with Crippen LogP contribution in [-0.2, 0) is 40.4 Å². The van der Waals surface area contributed by atoms with Crippen molar-refractivity contribution in [3.8, 4) is 0 Å². The van der Waals surface area contributed by atoms with Gasteiger partial charge in [-0.25, -0.2) is 13.1 Å². The normalized spacial score (nSPS) is 37.9. The Morgan fingerprint density at radius 2 is 1.62 bits per heavy atom. The molecule has 0 radical (unpaired) electrons. The first-order valence-corrected chi connectivity index (χ1v) is 24.3. The van der Waals surface area contributed by atoms with Gasteiger partial charge >= 0.3 is 5.97 Å². The Morgan fingerprint density at radius 1 is 0.933 bits per heavy atom. The smallest absolute Gasteiger partial charge is 0.310 e. The minimum Gasteiger partial charge on any atom is -0.461 e. The third kappa shape index (κ3) is 7.26. The summed E-state index contributed by atoms with van der Waals surface area (Å²) in [7, 11) is -2.00. The zero-order valence-corrected chi connectivity index (χ0v) is 39.5. The Labute approximate surface area is 362 Å². The Bertz CT molecular complexity index is 2020. The van der Waals surface area contributed by atoms with E-state index in [1.54, 1.807) is 19.2 Å². The maximum Gasteiger partial charge on any atom is 0.310 e. The summed E-state index contributed by atoms with van der Waals surface area (Å²) in [6.45, 7) is 26.3. The summed E-state index contributed by atoms with van der Waals surface area (Å²) < 4.78 is 57.2. The van der Waals surface area contributed by atoms with Crippen molar-refractivity contribution in [2.24, 2.45) is 62.6 Å². The van der Waals surface area contributed by atoms with Crippen LogP contribution in [0.3, 0.4) is 0 Å². The van der Waals surface area contributed by atoms with Gasteiger partial charge in [0.2, 0.25) is 10.0 Å². The van der Waals surface area contributed by atoms with Crippen LogP contribution in [-0.4, -0.2) is 59.1 Å². The van der Waals surface area contributed by atoms with Gasteiger partial charge in [-0.05, 0) is 116 Å². The number of rotatable bonds is 13. The predicted molar refractivity (Wildman–Crippen MR) is 237 cm³/mol. The number of sulfonamides is 1. The van der Waals surface area contributed by atoms with Crippen molar-refractivity contribution < 1.29 is 32.2 Å². The maximum atomic E-state index is 14.8. The van der Waals surface area contributed by atoms with Gasteiger partial charge in [0, 0.05) is 17.9 Å². The fourth-order valence-corrected chi connectivity index (χ4v) is 15.0. The number of benzene rings is 2. The first-order chi connectivity index (χ1) is 28.1. The first-order valence-electron chi connectivity index (χ1n) is 22.9. The van der Waals surface area contributed by atoms with Crippen molar-refractivity contribution in [1.82, 2.24) is 4.72 Å². The van der Waals surface area contributed by atoms with Crippen molar-refractivity contribution >= 4 is 16.0 Å². The highest BCUT2D eigenvalue weighted by Crippen LogP contribution is 2.75. The molecule has 0 spiro atoms. The van der Waals surface area contributed by atoms with Crippen LogP contribution in [0.25, 0.3) is 0 Å². The molecule has 2 aromatic rings. The predicted octanol–water partition coefficient (Wildman–Crippen LogP) is 10.3. The van der Waals surface area contributed by atoms with Gasteiger partial charge < -0.3 is 18.9 Å². The zero-order valence-electron chi connectivity index (χ0n) is 38.7. The molecule has 1 aliphatic heterocycles. The average molecular weight is 846 g/mol. The fraction of sp³-hybridized carbons (Fsp3) is 0.706. The Morgan fingerprint density at radius 3 is 2.25 bits per heavy atom. The second kappa shape index (κ2) is 16.2. The van der Waals surface area contributed by atoms with Crippen LogP contribution in [0.1, 0.15) is 119 Å². The third-order valence-corrected chi connectivity index (χ3v) is 19.7. The Hall–Kier alpha value is -2.56. The number of fused-ring (bicyclic) bond motifs is 3. The molecule has 2 aromatic carbocycles. The number of ether oxygens (including phenoxy) is 4. The van der Waals surface area contributed by atoms with E-state index in [2.05, 4.69) is 59.3 Å². The maximum absolute atomic E-state index is 14.8. The molecule has 7 rings (SSSR count). The number of hydrogen-bond acceptors (Lipinski definition) is 7. The molecule has 9 heteroatoms. The standard InChI is InChI=1S/C51H75NO7S/c1-33(2)36(6)46(7)26-27-48(9)39-22-23-42-47(8)30-57-32-51(42,40(39)24-25-49(48,10)43(46)45(53)58-29-37-16-14-13-15-17-37)28-41(56-12)44(47)59-31-50(11,34(3)4)52-60(54,55)38-20-18-35(5)19-21-38/h13-21,24,33-34,36,39,41-44,52H,22-23,25-32H2,1-12H3/t36-,39+,41-,42+,43-,44+,46-,47?,48-,49+,50+,51+/m1/s1. The largest absolute Gasteiger partial charge is 0.461 e. The molecule has 1 saturated heterocycles. The molecule has 0 aromatic heterocycles. The van der Waals surface area contributed by atoms with E-state index in [1.807, 2.05) is 70.2 Å². The van der Waals surface area contributed by atoms with Crippen LogP contribution in [0.15, 0.2) is 71.1 Å². The lowest BCUT2D eigenvalue weighted by Crippen LogP contribution is -2.70. The summed E-state index contributed by atoms with van der Waals surface area (Å²) in [5, 5.41) is 0.